The van der Waals surface area contributed by atoms with E-state index in [0.29, 0.717) is 21.8 Å². The van der Waals surface area contributed by atoms with Crippen molar-refractivity contribution in [3.8, 4) is 16.9 Å². The zero-order chi connectivity index (χ0) is 33.1. The summed E-state index contributed by atoms with van der Waals surface area (Å²) in [5.74, 6) is -3.68. The number of primary amides is 1. The van der Waals surface area contributed by atoms with Gasteiger partial charge in [0, 0.05) is 23.2 Å². The molecule has 0 saturated carbocycles. The number of carbonyl (C=O) groups excluding carboxylic acids is 3. The number of aromatic nitrogens is 2. The van der Waals surface area contributed by atoms with Gasteiger partial charge in [0.05, 0.1) is 47.0 Å². The van der Waals surface area contributed by atoms with Gasteiger partial charge in [-0.05, 0) is 55.8 Å². The first-order valence-electron chi connectivity index (χ1n) is 13.8. The Bertz CT molecular complexity index is 1710. The number of rotatable bonds is 10. The summed E-state index contributed by atoms with van der Waals surface area (Å²) >= 11 is 12.7. The highest BCUT2D eigenvalue weighted by molar-refractivity contribution is 6.32. The minimum atomic E-state index is -4.52. The van der Waals surface area contributed by atoms with Crippen molar-refractivity contribution in [3.05, 3.63) is 105 Å². The van der Waals surface area contributed by atoms with Crippen molar-refractivity contribution in [2.24, 2.45) is 5.73 Å². The van der Waals surface area contributed by atoms with Crippen LogP contribution in [0.25, 0.3) is 16.9 Å². The van der Waals surface area contributed by atoms with Crippen LogP contribution in [-0.4, -0.2) is 46.1 Å². The number of halogens is 5. The summed E-state index contributed by atoms with van der Waals surface area (Å²) in [7, 11) is 1.45. The van der Waals surface area contributed by atoms with Gasteiger partial charge < -0.3 is 15.4 Å². The Morgan fingerprint density at radius 3 is 2.18 bits per heavy atom. The van der Waals surface area contributed by atoms with E-state index < -0.39 is 47.9 Å². The summed E-state index contributed by atoms with van der Waals surface area (Å²) in [5.41, 5.74) is 6.39. The van der Waals surface area contributed by atoms with Crippen LogP contribution >= 0.6 is 23.2 Å². The fraction of sp³-hybridized carbons (Fsp3) is 0.250. The molecule has 2 amide bonds. The molecule has 1 aromatic heterocycles. The molecule has 1 unspecified atom stereocenters. The van der Waals surface area contributed by atoms with E-state index in [0.717, 1.165) is 12.1 Å². The number of alkyl halides is 3. The van der Waals surface area contributed by atoms with Crippen LogP contribution in [-0.2, 0) is 20.5 Å². The van der Waals surface area contributed by atoms with Crippen LogP contribution in [0.3, 0.4) is 0 Å². The van der Waals surface area contributed by atoms with E-state index in [1.54, 1.807) is 62.4 Å². The van der Waals surface area contributed by atoms with Gasteiger partial charge in [-0.25, -0.2) is 4.68 Å². The lowest BCUT2D eigenvalue weighted by Crippen LogP contribution is -2.32. The lowest BCUT2D eigenvalue weighted by Gasteiger charge is -2.26. The number of nitrogens with zero attached hydrogens (tertiary/aromatic N) is 3. The predicted molar refractivity (Wildman–Crippen MR) is 164 cm³/mol. The lowest BCUT2D eigenvalue weighted by atomic mass is 9.89. The Labute approximate surface area is 267 Å². The number of hydrogen-bond donors (Lipinski definition) is 1. The highest BCUT2D eigenvalue weighted by atomic mass is 35.5. The van der Waals surface area contributed by atoms with Gasteiger partial charge in [-0.1, -0.05) is 59.6 Å². The number of hydrogen-bond acceptors (Lipinski definition) is 5. The second kappa shape index (κ2) is 13.7. The zero-order valence-corrected chi connectivity index (χ0v) is 26.0. The van der Waals surface area contributed by atoms with E-state index in [9.17, 15) is 27.6 Å². The second-order valence-corrected chi connectivity index (χ2v) is 11.0. The molecule has 0 aliphatic heterocycles. The highest BCUT2D eigenvalue weighted by Gasteiger charge is 2.37. The SMILES string of the molecule is CCOC(=O)CC(C(N)=O)c1c(C(=O)N(C)[C@H](C)c2ccc(C(F)(F)F)cc2)nn(-c2ccccc2Cl)c1-c1ccc(Cl)cc1. The standard InChI is InChI=1S/C32H29Cl2F3N4O4/c1-4-45-26(42)17-23(30(38)43)27-28(31(44)40(3)18(2)19-9-13-21(14-10-19)32(35,36)37)39-41(25-8-6-5-7-24(25)34)29(27)20-11-15-22(33)16-12-20/h5-16,18,23H,4,17H2,1-3H3,(H2,38,43)/t18-,23?/m1/s1. The summed E-state index contributed by atoms with van der Waals surface area (Å²) in [6, 6.07) is 16.9. The van der Waals surface area contributed by atoms with E-state index in [-0.39, 0.29) is 28.6 Å². The molecule has 0 saturated heterocycles. The third-order valence-corrected chi connectivity index (χ3v) is 7.88. The molecule has 2 N–H and O–H groups in total. The fourth-order valence-electron chi connectivity index (χ4n) is 4.85. The lowest BCUT2D eigenvalue weighted by molar-refractivity contribution is -0.145. The van der Waals surface area contributed by atoms with Gasteiger partial charge in [-0.3, -0.25) is 14.4 Å². The van der Waals surface area contributed by atoms with Gasteiger partial charge >= 0.3 is 12.1 Å². The van der Waals surface area contributed by atoms with Gasteiger partial charge in [-0.15, -0.1) is 0 Å². The van der Waals surface area contributed by atoms with Gasteiger partial charge in [0.15, 0.2) is 5.69 Å². The van der Waals surface area contributed by atoms with E-state index in [1.807, 2.05) is 0 Å². The van der Waals surface area contributed by atoms with Gasteiger partial charge in [-0.2, -0.15) is 18.3 Å². The normalized spacial score (nSPS) is 12.8. The molecule has 3 aromatic carbocycles. The van der Waals surface area contributed by atoms with Crippen LogP contribution in [0.2, 0.25) is 10.0 Å². The average Bonchev–Trinajstić information content (AvgIpc) is 3.38. The molecule has 236 valence electrons. The Morgan fingerprint density at radius 1 is 1.00 bits per heavy atom. The molecule has 2 atom stereocenters. The number of amides is 2. The van der Waals surface area contributed by atoms with Crippen LogP contribution in [0.15, 0.2) is 72.8 Å². The van der Waals surface area contributed by atoms with Gasteiger partial charge in [0.1, 0.15) is 0 Å². The van der Waals surface area contributed by atoms with Crippen LogP contribution in [0, 0.1) is 0 Å². The summed E-state index contributed by atoms with van der Waals surface area (Å²) in [4.78, 5) is 41.2. The Balaban J connectivity index is 1.95. The highest BCUT2D eigenvalue weighted by Crippen LogP contribution is 2.39. The Hall–Kier alpha value is -4.35. The van der Waals surface area contributed by atoms with Crippen molar-refractivity contribution >= 4 is 41.0 Å². The van der Waals surface area contributed by atoms with Crippen LogP contribution < -0.4 is 5.73 Å². The summed E-state index contributed by atoms with van der Waals surface area (Å²) < 4.78 is 46.0. The minimum Gasteiger partial charge on any atom is -0.466 e. The third-order valence-electron chi connectivity index (χ3n) is 7.31. The molecule has 4 rings (SSSR count). The van der Waals surface area contributed by atoms with Crippen LogP contribution in [0.5, 0.6) is 0 Å². The fourth-order valence-corrected chi connectivity index (χ4v) is 5.19. The maximum atomic E-state index is 14.3. The molecule has 0 fully saturated rings. The molecular formula is C32H29Cl2F3N4O4. The first-order valence-corrected chi connectivity index (χ1v) is 14.5. The molecule has 4 aromatic rings. The van der Waals surface area contributed by atoms with Crippen molar-refractivity contribution in [1.82, 2.24) is 14.7 Å². The van der Waals surface area contributed by atoms with Crippen LogP contribution in [0.4, 0.5) is 13.2 Å². The van der Waals surface area contributed by atoms with E-state index in [1.165, 1.54) is 28.8 Å². The predicted octanol–water partition coefficient (Wildman–Crippen LogP) is 7.22. The molecular weight excluding hydrogens is 632 g/mol. The summed E-state index contributed by atoms with van der Waals surface area (Å²) in [6.45, 7) is 3.29. The van der Waals surface area contributed by atoms with E-state index in [4.69, 9.17) is 33.7 Å². The molecule has 0 aliphatic rings. The average molecular weight is 662 g/mol. The van der Waals surface area contributed by atoms with Crippen molar-refractivity contribution in [2.45, 2.75) is 38.4 Å². The Morgan fingerprint density at radius 2 is 1.62 bits per heavy atom. The minimum absolute atomic E-state index is 0.0480. The molecule has 0 radical (unpaired) electrons. The number of esters is 1. The molecule has 0 aliphatic carbocycles. The Kier molecular flexibility index (Phi) is 10.2. The molecule has 45 heavy (non-hydrogen) atoms. The number of carbonyl (C=O) groups is 3. The van der Waals surface area contributed by atoms with E-state index >= 15 is 0 Å². The zero-order valence-electron chi connectivity index (χ0n) is 24.4. The molecule has 0 bridgehead atoms. The second-order valence-electron chi connectivity index (χ2n) is 10.2. The maximum absolute atomic E-state index is 14.3. The number of ether oxygens (including phenoxy) is 1. The molecule has 13 heteroatoms. The topological polar surface area (TPSA) is 108 Å². The molecule has 1 heterocycles. The maximum Gasteiger partial charge on any atom is 0.416 e. The van der Waals surface area contributed by atoms with Gasteiger partial charge in [0.25, 0.3) is 5.91 Å². The monoisotopic (exact) mass is 660 g/mol. The first kappa shape index (κ1) is 33.5. The van der Waals surface area contributed by atoms with Gasteiger partial charge in [0.2, 0.25) is 5.91 Å². The quantitative estimate of drug-likeness (QED) is 0.181. The third kappa shape index (κ3) is 7.32. The van der Waals surface area contributed by atoms with Crippen molar-refractivity contribution < 1.29 is 32.3 Å². The van der Waals surface area contributed by atoms with Crippen LogP contribution in [0.1, 0.15) is 59.4 Å². The summed E-state index contributed by atoms with van der Waals surface area (Å²) in [6.07, 6.45) is -5.01. The molecule has 8 nitrogen and oxygen atoms in total. The number of benzene rings is 3. The first-order chi connectivity index (χ1) is 21.2. The van der Waals surface area contributed by atoms with Crippen molar-refractivity contribution in [2.75, 3.05) is 13.7 Å². The van der Waals surface area contributed by atoms with Crippen molar-refractivity contribution in [1.29, 1.82) is 0 Å². The summed E-state index contributed by atoms with van der Waals surface area (Å²) in [5, 5.41) is 5.33. The number of nitrogens with two attached hydrogens (primary N) is 1. The van der Waals surface area contributed by atoms with E-state index in [2.05, 4.69) is 5.10 Å². The number of para-hydroxylation sites is 1. The smallest absolute Gasteiger partial charge is 0.416 e. The molecule has 0 spiro atoms. The van der Waals surface area contributed by atoms with Crippen molar-refractivity contribution in [3.63, 3.8) is 0 Å². The largest absolute Gasteiger partial charge is 0.466 e.